The molecule has 3 rings (SSSR count). The van der Waals surface area contributed by atoms with E-state index in [0.717, 1.165) is 18.4 Å². The van der Waals surface area contributed by atoms with Gasteiger partial charge in [0, 0.05) is 13.5 Å². The molecular weight excluding hydrogens is 283 g/mol. The summed E-state index contributed by atoms with van der Waals surface area (Å²) in [6, 6.07) is 4.58. The largest absolute Gasteiger partial charge is 0.384 e. The van der Waals surface area contributed by atoms with Crippen LogP contribution in [0.2, 0.25) is 5.02 Å². The van der Waals surface area contributed by atoms with E-state index in [0.29, 0.717) is 24.7 Å². The summed E-state index contributed by atoms with van der Waals surface area (Å²) < 4.78 is 23.6. The Bertz CT molecular complexity index is 625. The predicted octanol–water partition coefficient (Wildman–Crippen LogP) is 3.13. The molecule has 0 spiro atoms. The number of hydrogen-bond acceptors (Lipinski definition) is 4. The quantitative estimate of drug-likeness (QED) is 0.850. The highest BCUT2D eigenvalue weighted by atomic mass is 35.5. The second-order valence-corrected chi connectivity index (χ2v) is 5.56. The van der Waals surface area contributed by atoms with Crippen LogP contribution in [0.15, 0.2) is 22.7 Å². The van der Waals surface area contributed by atoms with Crippen LogP contribution in [0.25, 0.3) is 0 Å². The molecule has 1 heterocycles. The Morgan fingerprint density at radius 1 is 1.45 bits per heavy atom. The van der Waals surface area contributed by atoms with E-state index in [-0.39, 0.29) is 10.4 Å². The van der Waals surface area contributed by atoms with Crippen molar-refractivity contribution in [2.75, 3.05) is 13.7 Å². The molecule has 4 nitrogen and oxygen atoms in total. The summed E-state index contributed by atoms with van der Waals surface area (Å²) in [5.74, 6) is 0.772. The van der Waals surface area contributed by atoms with Crippen molar-refractivity contribution < 1.29 is 13.7 Å². The summed E-state index contributed by atoms with van der Waals surface area (Å²) in [6.45, 7) is 0.594. The van der Waals surface area contributed by atoms with Crippen LogP contribution < -0.4 is 0 Å². The van der Waals surface area contributed by atoms with E-state index in [1.54, 1.807) is 19.2 Å². The van der Waals surface area contributed by atoms with Crippen LogP contribution in [-0.4, -0.2) is 23.9 Å². The van der Waals surface area contributed by atoms with E-state index in [4.69, 9.17) is 20.9 Å². The highest BCUT2D eigenvalue weighted by Crippen LogP contribution is 2.47. The minimum absolute atomic E-state index is 0.0968. The Hall–Kier alpha value is -1.46. The standard InChI is InChI=1S/C14H14ClFN2O2/c1-19-8-14(4-5-14)13-17-12(18-20-13)7-9-2-3-11(16)10(15)6-9/h2-3,6H,4-5,7-8H2,1H3. The van der Waals surface area contributed by atoms with Gasteiger partial charge in [-0.25, -0.2) is 4.39 Å². The molecule has 20 heavy (non-hydrogen) atoms. The van der Waals surface area contributed by atoms with Crippen LogP contribution in [0.5, 0.6) is 0 Å². The molecule has 106 valence electrons. The molecule has 0 unspecified atom stereocenters. The molecule has 0 bridgehead atoms. The normalized spacial score (nSPS) is 16.4. The summed E-state index contributed by atoms with van der Waals surface area (Å²) in [6.07, 6.45) is 2.47. The van der Waals surface area contributed by atoms with Gasteiger partial charge in [0.15, 0.2) is 5.82 Å². The maximum absolute atomic E-state index is 13.1. The molecule has 1 aliphatic carbocycles. The van der Waals surface area contributed by atoms with Crippen molar-refractivity contribution in [3.05, 3.63) is 46.3 Å². The highest BCUT2D eigenvalue weighted by molar-refractivity contribution is 6.30. The lowest BCUT2D eigenvalue weighted by Crippen LogP contribution is -2.14. The Balaban J connectivity index is 1.76. The Labute approximate surface area is 120 Å². The SMILES string of the molecule is COCC1(c2nc(Cc3ccc(F)c(Cl)c3)no2)CC1. The van der Waals surface area contributed by atoms with Gasteiger partial charge in [0.25, 0.3) is 0 Å². The van der Waals surface area contributed by atoms with Crippen molar-refractivity contribution in [3.8, 4) is 0 Å². The van der Waals surface area contributed by atoms with Crippen LogP contribution in [-0.2, 0) is 16.6 Å². The number of nitrogens with zero attached hydrogens (tertiary/aromatic N) is 2. The fourth-order valence-electron chi connectivity index (χ4n) is 2.22. The second kappa shape index (κ2) is 5.14. The molecule has 0 aliphatic heterocycles. The topological polar surface area (TPSA) is 48.2 Å². The third-order valence-corrected chi connectivity index (χ3v) is 3.83. The molecule has 2 aromatic rings. The van der Waals surface area contributed by atoms with E-state index in [1.165, 1.54) is 6.07 Å². The maximum Gasteiger partial charge on any atom is 0.235 e. The van der Waals surface area contributed by atoms with E-state index in [2.05, 4.69) is 10.1 Å². The van der Waals surface area contributed by atoms with Crippen LogP contribution in [0.4, 0.5) is 4.39 Å². The van der Waals surface area contributed by atoms with Gasteiger partial charge in [-0.2, -0.15) is 4.98 Å². The van der Waals surface area contributed by atoms with Gasteiger partial charge in [-0.15, -0.1) is 0 Å². The third-order valence-electron chi connectivity index (χ3n) is 3.54. The number of methoxy groups -OCH3 is 1. The van der Waals surface area contributed by atoms with Crippen LogP contribution in [0.1, 0.15) is 30.1 Å². The molecule has 0 radical (unpaired) electrons. The van der Waals surface area contributed by atoms with Gasteiger partial charge in [-0.3, -0.25) is 0 Å². The minimum atomic E-state index is -0.429. The molecule has 1 fully saturated rings. The lowest BCUT2D eigenvalue weighted by atomic mass is 10.1. The number of benzene rings is 1. The first-order valence-corrected chi connectivity index (χ1v) is 6.77. The molecule has 0 atom stereocenters. The molecule has 0 amide bonds. The monoisotopic (exact) mass is 296 g/mol. The van der Waals surface area contributed by atoms with Gasteiger partial charge in [0.05, 0.1) is 17.0 Å². The maximum atomic E-state index is 13.1. The predicted molar refractivity (Wildman–Crippen MR) is 71.3 cm³/mol. The summed E-state index contributed by atoms with van der Waals surface area (Å²) in [4.78, 5) is 4.42. The third kappa shape index (κ3) is 2.55. The van der Waals surface area contributed by atoms with E-state index in [1.807, 2.05) is 0 Å². The second-order valence-electron chi connectivity index (χ2n) is 5.15. The first-order chi connectivity index (χ1) is 9.63. The van der Waals surface area contributed by atoms with Crippen molar-refractivity contribution in [1.82, 2.24) is 10.1 Å². The van der Waals surface area contributed by atoms with Crippen molar-refractivity contribution >= 4 is 11.6 Å². The minimum Gasteiger partial charge on any atom is -0.384 e. The van der Waals surface area contributed by atoms with Crippen LogP contribution >= 0.6 is 11.6 Å². The summed E-state index contributed by atoms with van der Waals surface area (Å²) in [5, 5.41) is 4.07. The van der Waals surface area contributed by atoms with E-state index < -0.39 is 5.82 Å². The zero-order valence-electron chi connectivity index (χ0n) is 11.0. The zero-order valence-corrected chi connectivity index (χ0v) is 11.8. The van der Waals surface area contributed by atoms with Gasteiger partial charge >= 0.3 is 0 Å². The van der Waals surface area contributed by atoms with E-state index in [9.17, 15) is 4.39 Å². The summed E-state index contributed by atoms with van der Waals surface area (Å²) in [5.41, 5.74) is 0.751. The number of halogens is 2. The Kier molecular flexibility index (Phi) is 3.48. The molecule has 1 aliphatic rings. The Morgan fingerprint density at radius 2 is 2.25 bits per heavy atom. The first-order valence-electron chi connectivity index (χ1n) is 6.39. The lowest BCUT2D eigenvalue weighted by molar-refractivity contribution is 0.155. The van der Waals surface area contributed by atoms with Crippen molar-refractivity contribution in [1.29, 1.82) is 0 Å². The van der Waals surface area contributed by atoms with Gasteiger partial charge in [-0.1, -0.05) is 22.8 Å². The van der Waals surface area contributed by atoms with Gasteiger partial charge in [0.1, 0.15) is 5.82 Å². The number of hydrogen-bond donors (Lipinski definition) is 0. The van der Waals surface area contributed by atoms with Crippen molar-refractivity contribution in [2.24, 2.45) is 0 Å². The Morgan fingerprint density at radius 3 is 2.90 bits per heavy atom. The molecule has 1 saturated carbocycles. The summed E-state index contributed by atoms with van der Waals surface area (Å²) in [7, 11) is 1.66. The molecule has 1 aromatic carbocycles. The van der Waals surface area contributed by atoms with Crippen LogP contribution in [0.3, 0.4) is 0 Å². The fourth-order valence-corrected chi connectivity index (χ4v) is 2.42. The summed E-state index contributed by atoms with van der Waals surface area (Å²) >= 11 is 5.75. The van der Waals surface area contributed by atoms with Gasteiger partial charge in [0.2, 0.25) is 5.89 Å². The molecule has 1 aromatic heterocycles. The molecule has 0 N–H and O–H groups in total. The van der Waals surface area contributed by atoms with E-state index >= 15 is 0 Å². The average Bonchev–Trinajstić information content (AvgIpc) is 3.05. The number of ether oxygens (including phenoxy) is 1. The highest BCUT2D eigenvalue weighted by Gasteiger charge is 2.49. The number of rotatable bonds is 5. The first kappa shape index (κ1) is 13.5. The lowest BCUT2D eigenvalue weighted by Gasteiger charge is -2.06. The fraction of sp³-hybridized carbons (Fsp3) is 0.429. The van der Waals surface area contributed by atoms with Crippen molar-refractivity contribution in [3.63, 3.8) is 0 Å². The average molecular weight is 297 g/mol. The smallest absolute Gasteiger partial charge is 0.235 e. The number of aromatic nitrogens is 2. The van der Waals surface area contributed by atoms with Gasteiger partial charge in [-0.05, 0) is 30.5 Å². The zero-order chi connectivity index (χ0) is 14.2. The molecule has 0 saturated heterocycles. The van der Waals surface area contributed by atoms with Crippen molar-refractivity contribution in [2.45, 2.75) is 24.7 Å². The van der Waals surface area contributed by atoms with Crippen LogP contribution in [0, 0.1) is 5.82 Å². The molecule has 6 heteroatoms. The molecular formula is C14H14ClFN2O2. The van der Waals surface area contributed by atoms with Gasteiger partial charge < -0.3 is 9.26 Å².